The van der Waals surface area contributed by atoms with E-state index in [1.807, 2.05) is 13.8 Å². The van der Waals surface area contributed by atoms with Crippen LogP contribution in [0.2, 0.25) is 0 Å². The zero-order chi connectivity index (χ0) is 12.6. The van der Waals surface area contributed by atoms with Gasteiger partial charge in [0.15, 0.2) is 0 Å². The van der Waals surface area contributed by atoms with Crippen LogP contribution in [0.1, 0.15) is 49.0 Å². The number of hydrogen-bond acceptors (Lipinski definition) is 1. The van der Waals surface area contributed by atoms with Gasteiger partial charge in [0.2, 0.25) is 0 Å². The van der Waals surface area contributed by atoms with Crippen molar-refractivity contribution in [2.45, 2.75) is 46.1 Å². The molecule has 0 bridgehead atoms. The van der Waals surface area contributed by atoms with E-state index in [4.69, 9.17) is 0 Å². The Labute approximate surface area is 103 Å². The van der Waals surface area contributed by atoms with Crippen LogP contribution < -0.4 is 0 Å². The van der Waals surface area contributed by atoms with Gasteiger partial charge >= 0.3 is 0 Å². The lowest BCUT2D eigenvalue weighted by Crippen LogP contribution is -2.17. The molecule has 1 aliphatic carbocycles. The van der Waals surface area contributed by atoms with Gasteiger partial charge in [-0.3, -0.25) is 0 Å². The van der Waals surface area contributed by atoms with Crippen LogP contribution in [-0.2, 0) is 0 Å². The van der Waals surface area contributed by atoms with Crippen LogP contribution in [0, 0.1) is 31.5 Å². The zero-order valence-electron chi connectivity index (χ0n) is 10.8. The van der Waals surface area contributed by atoms with Gasteiger partial charge in [0.25, 0.3) is 0 Å². The van der Waals surface area contributed by atoms with Crippen molar-refractivity contribution in [1.82, 2.24) is 0 Å². The van der Waals surface area contributed by atoms with Crippen molar-refractivity contribution in [2.24, 2.45) is 11.8 Å². The smallest absolute Gasteiger partial charge is 0.123 e. The average molecular weight is 236 g/mol. The van der Waals surface area contributed by atoms with Gasteiger partial charge in [-0.15, -0.1) is 0 Å². The normalized spacial score (nSPS) is 26.2. The van der Waals surface area contributed by atoms with Gasteiger partial charge in [-0.25, -0.2) is 4.39 Å². The Balaban J connectivity index is 2.33. The molecule has 3 unspecified atom stereocenters. The fraction of sp³-hybridized carbons (Fsp3) is 0.600. The first kappa shape index (κ1) is 12.6. The molecule has 17 heavy (non-hydrogen) atoms. The standard InChI is InChI=1S/C15H21FO/c1-9-5-4-6-13(9)15(17)14-10(2)7-12(16)8-11(14)3/h7-9,13,15,17H,4-6H2,1-3H3. The van der Waals surface area contributed by atoms with E-state index in [9.17, 15) is 9.50 Å². The van der Waals surface area contributed by atoms with E-state index in [-0.39, 0.29) is 5.82 Å². The van der Waals surface area contributed by atoms with Gasteiger partial charge in [-0.1, -0.05) is 19.8 Å². The highest BCUT2D eigenvalue weighted by atomic mass is 19.1. The highest BCUT2D eigenvalue weighted by molar-refractivity contribution is 5.36. The number of aliphatic hydroxyl groups excluding tert-OH is 1. The molecule has 0 saturated heterocycles. The SMILES string of the molecule is Cc1cc(F)cc(C)c1C(O)C1CCCC1C. The summed E-state index contributed by atoms with van der Waals surface area (Å²) in [6.45, 7) is 5.97. The molecular formula is C15H21FO. The van der Waals surface area contributed by atoms with Crippen LogP contribution >= 0.6 is 0 Å². The molecule has 0 radical (unpaired) electrons. The predicted octanol–water partition coefficient (Wildman–Crippen LogP) is 3.91. The maximum absolute atomic E-state index is 13.2. The van der Waals surface area contributed by atoms with Crippen LogP contribution in [0.25, 0.3) is 0 Å². The number of aliphatic hydroxyl groups is 1. The van der Waals surface area contributed by atoms with E-state index < -0.39 is 6.10 Å². The molecule has 1 aromatic rings. The van der Waals surface area contributed by atoms with Crippen molar-refractivity contribution in [2.75, 3.05) is 0 Å². The molecule has 0 aromatic heterocycles. The van der Waals surface area contributed by atoms with Crippen molar-refractivity contribution in [3.63, 3.8) is 0 Å². The van der Waals surface area contributed by atoms with E-state index in [0.717, 1.165) is 23.1 Å². The van der Waals surface area contributed by atoms with E-state index in [1.54, 1.807) is 0 Å². The molecule has 0 heterocycles. The molecule has 3 atom stereocenters. The Hall–Kier alpha value is -0.890. The molecule has 1 N–H and O–H groups in total. The summed E-state index contributed by atoms with van der Waals surface area (Å²) in [6, 6.07) is 3.04. The molecule has 2 rings (SSSR count). The monoisotopic (exact) mass is 236 g/mol. The highest BCUT2D eigenvalue weighted by Crippen LogP contribution is 2.41. The minimum atomic E-state index is -0.437. The molecule has 1 saturated carbocycles. The number of halogens is 1. The Kier molecular flexibility index (Phi) is 3.53. The first-order chi connectivity index (χ1) is 8.00. The maximum Gasteiger partial charge on any atom is 0.123 e. The molecule has 1 aliphatic rings. The first-order valence-electron chi connectivity index (χ1n) is 6.45. The minimum absolute atomic E-state index is 0.213. The quantitative estimate of drug-likeness (QED) is 0.825. The number of benzene rings is 1. The molecule has 0 amide bonds. The molecule has 1 aromatic carbocycles. The van der Waals surface area contributed by atoms with Crippen molar-refractivity contribution in [3.8, 4) is 0 Å². The Morgan fingerprint density at radius 2 is 1.82 bits per heavy atom. The Bertz CT molecular complexity index is 390. The van der Waals surface area contributed by atoms with E-state index in [2.05, 4.69) is 6.92 Å². The Morgan fingerprint density at radius 3 is 2.29 bits per heavy atom. The number of aryl methyl sites for hydroxylation is 2. The summed E-state index contributed by atoms with van der Waals surface area (Å²) in [7, 11) is 0. The van der Waals surface area contributed by atoms with Gasteiger partial charge < -0.3 is 5.11 Å². The fourth-order valence-electron chi connectivity index (χ4n) is 3.25. The van der Waals surface area contributed by atoms with Gasteiger partial charge in [-0.05, 0) is 60.9 Å². The van der Waals surface area contributed by atoms with Crippen LogP contribution in [-0.4, -0.2) is 5.11 Å². The lowest BCUT2D eigenvalue weighted by atomic mass is 9.84. The van der Waals surface area contributed by atoms with Crippen LogP contribution in [0.3, 0.4) is 0 Å². The van der Waals surface area contributed by atoms with Crippen LogP contribution in [0.5, 0.6) is 0 Å². The lowest BCUT2D eigenvalue weighted by molar-refractivity contribution is 0.0888. The summed E-state index contributed by atoms with van der Waals surface area (Å²) in [6.07, 6.45) is 3.04. The minimum Gasteiger partial charge on any atom is -0.388 e. The Morgan fingerprint density at radius 1 is 1.24 bits per heavy atom. The summed E-state index contributed by atoms with van der Waals surface area (Å²) < 4.78 is 13.2. The average Bonchev–Trinajstić information content (AvgIpc) is 2.62. The largest absolute Gasteiger partial charge is 0.388 e. The fourth-order valence-corrected chi connectivity index (χ4v) is 3.25. The lowest BCUT2D eigenvalue weighted by Gasteiger charge is -2.25. The number of rotatable bonds is 2. The molecule has 2 heteroatoms. The predicted molar refractivity (Wildman–Crippen MR) is 67.3 cm³/mol. The summed E-state index contributed by atoms with van der Waals surface area (Å²) >= 11 is 0. The van der Waals surface area contributed by atoms with Crippen LogP contribution in [0.4, 0.5) is 4.39 Å². The first-order valence-corrected chi connectivity index (χ1v) is 6.45. The maximum atomic E-state index is 13.2. The third-order valence-electron chi connectivity index (χ3n) is 4.19. The van der Waals surface area contributed by atoms with Crippen molar-refractivity contribution < 1.29 is 9.50 Å². The second-order valence-electron chi connectivity index (χ2n) is 5.47. The van der Waals surface area contributed by atoms with Crippen LogP contribution in [0.15, 0.2) is 12.1 Å². The van der Waals surface area contributed by atoms with Gasteiger partial charge in [0.1, 0.15) is 5.82 Å². The van der Waals surface area contributed by atoms with E-state index in [0.29, 0.717) is 11.8 Å². The van der Waals surface area contributed by atoms with Gasteiger partial charge in [0.05, 0.1) is 6.10 Å². The summed E-state index contributed by atoms with van der Waals surface area (Å²) in [4.78, 5) is 0. The van der Waals surface area contributed by atoms with E-state index in [1.165, 1.54) is 25.0 Å². The molecule has 0 aliphatic heterocycles. The highest BCUT2D eigenvalue weighted by Gasteiger charge is 2.32. The van der Waals surface area contributed by atoms with Gasteiger partial charge in [0, 0.05) is 0 Å². The van der Waals surface area contributed by atoms with Crippen molar-refractivity contribution >= 4 is 0 Å². The van der Waals surface area contributed by atoms with Crippen molar-refractivity contribution in [1.29, 1.82) is 0 Å². The summed E-state index contributed by atoms with van der Waals surface area (Å²) in [5.74, 6) is 0.683. The van der Waals surface area contributed by atoms with E-state index >= 15 is 0 Å². The molecule has 1 nitrogen and oxygen atoms in total. The molecule has 94 valence electrons. The summed E-state index contributed by atoms with van der Waals surface area (Å²) in [5, 5.41) is 10.5. The zero-order valence-corrected chi connectivity index (χ0v) is 10.8. The second kappa shape index (κ2) is 4.77. The molecular weight excluding hydrogens is 215 g/mol. The topological polar surface area (TPSA) is 20.2 Å². The summed E-state index contributed by atoms with van der Waals surface area (Å²) in [5.41, 5.74) is 2.67. The number of hydrogen-bond donors (Lipinski definition) is 1. The van der Waals surface area contributed by atoms with Gasteiger partial charge in [-0.2, -0.15) is 0 Å². The van der Waals surface area contributed by atoms with Crippen molar-refractivity contribution in [3.05, 3.63) is 34.6 Å². The second-order valence-corrected chi connectivity index (χ2v) is 5.47. The molecule has 0 spiro atoms. The molecule has 1 fully saturated rings. The third-order valence-corrected chi connectivity index (χ3v) is 4.19. The third kappa shape index (κ3) is 2.37.